The third kappa shape index (κ3) is 2.82. The Labute approximate surface area is 119 Å². The van der Waals surface area contributed by atoms with Crippen LogP contribution in [0.5, 0.6) is 5.75 Å². The van der Waals surface area contributed by atoms with Gasteiger partial charge in [-0.05, 0) is 38.1 Å². The molecule has 20 heavy (non-hydrogen) atoms. The molecule has 0 amide bonds. The first-order valence-corrected chi connectivity index (χ1v) is 6.69. The fourth-order valence-corrected chi connectivity index (χ4v) is 2.26. The highest BCUT2D eigenvalue weighted by Gasteiger charge is 2.12. The van der Waals surface area contributed by atoms with E-state index in [-0.39, 0.29) is 5.78 Å². The number of ketones is 1. The Morgan fingerprint density at radius 1 is 1.10 bits per heavy atom. The largest absolute Gasteiger partial charge is 0.496 e. The highest BCUT2D eigenvalue weighted by molar-refractivity contribution is 5.97. The van der Waals surface area contributed by atoms with Gasteiger partial charge in [0.2, 0.25) is 0 Å². The molecule has 2 rings (SSSR count). The summed E-state index contributed by atoms with van der Waals surface area (Å²) in [5.41, 5.74) is 2.74. The number of rotatable bonds is 5. The molecule has 3 heteroatoms. The first-order valence-electron chi connectivity index (χ1n) is 6.69. The van der Waals surface area contributed by atoms with Crippen LogP contribution in [0.15, 0.2) is 48.5 Å². The van der Waals surface area contributed by atoms with Crippen molar-refractivity contribution in [2.24, 2.45) is 0 Å². The molecule has 0 spiro atoms. The van der Waals surface area contributed by atoms with Crippen LogP contribution in [0.2, 0.25) is 0 Å². The molecule has 0 saturated carbocycles. The fourth-order valence-electron chi connectivity index (χ4n) is 2.26. The summed E-state index contributed by atoms with van der Waals surface area (Å²) in [4.78, 5) is 13.7. The summed E-state index contributed by atoms with van der Waals surface area (Å²) in [6.45, 7) is 4.48. The van der Waals surface area contributed by atoms with Crippen molar-refractivity contribution < 1.29 is 9.53 Å². The lowest BCUT2D eigenvalue weighted by Gasteiger charge is -2.24. The maximum Gasteiger partial charge on any atom is 0.163 e. The topological polar surface area (TPSA) is 29.5 Å². The number of carbonyl (C=O) groups is 1. The Morgan fingerprint density at radius 3 is 2.35 bits per heavy atom. The lowest BCUT2D eigenvalue weighted by molar-refractivity contribution is 0.101. The van der Waals surface area contributed by atoms with Gasteiger partial charge >= 0.3 is 0 Å². The monoisotopic (exact) mass is 269 g/mol. The van der Waals surface area contributed by atoms with Crippen LogP contribution in [0.1, 0.15) is 24.2 Å². The Bertz CT molecular complexity index is 593. The molecule has 0 aliphatic heterocycles. The van der Waals surface area contributed by atoms with Gasteiger partial charge in [-0.15, -0.1) is 0 Å². The Morgan fingerprint density at radius 2 is 1.80 bits per heavy atom. The Kier molecular flexibility index (Phi) is 4.41. The number of Topliss-reactive ketones (excluding diaryl/α,β-unsaturated/α-hetero) is 1. The highest BCUT2D eigenvalue weighted by Crippen LogP contribution is 2.30. The van der Waals surface area contributed by atoms with E-state index in [1.54, 1.807) is 14.0 Å². The predicted molar refractivity (Wildman–Crippen MR) is 82.1 cm³/mol. The number of ether oxygens (including phenoxy) is 1. The van der Waals surface area contributed by atoms with E-state index in [1.165, 1.54) is 0 Å². The van der Waals surface area contributed by atoms with Gasteiger partial charge in [-0.1, -0.05) is 18.2 Å². The molecule has 0 aromatic heterocycles. The molecule has 0 N–H and O–H groups in total. The van der Waals surface area contributed by atoms with Crippen LogP contribution in [-0.4, -0.2) is 19.4 Å². The molecule has 0 fully saturated rings. The zero-order valence-electron chi connectivity index (χ0n) is 12.1. The number of carbonyl (C=O) groups excluding carboxylic acids is 1. The molecule has 0 saturated heterocycles. The van der Waals surface area contributed by atoms with Gasteiger partial charge in [0.05, 0.1) is 12.7 Å². The molecule has 0 aliphatic rings. The fraction of sp³-hybridized carbons (Fsp3) is 0.235. The number of para-hydroxylation sites is 1. The lowest BCUT2D eigenvalue weighted by atomic mass is 10.1. The molecular weight excluding hydrogens is 250 g/mol. The van der Waals surface area contributed by atoms with Crippen LogP contribution >= 0.6 is 0 Å². The molecule has 2 aromatic rings. The van der Waals surface area contributed by atoms with Crippen molar-refractivity contribution in [2.45, 2.75) is 13.8 Å². The van der Waals surface area contributed by atoms with Crippen molar-refractivity contribution in [3.8, 4) is 5.75 Å². The summed E-state index contributed by atoms with van der Waals surface area (Å²) in [6.07, 6.45) is 0. The van der Waals surface area contributed by atoms with E-state index in [2.05, 4.69) is 24.0 Å². The molecule has 3 nitrogen and oxygen atoms in total. The summed E-state index contributed by atoms with van der Waals surface area (Å²) in [5, 5.41) is 0. The van der Waals surface area contributed by atoms with Gasteiger partial charge in [0.25, 0.3) is 0 Å². The van der Waals surface area contributed by atoms with Gasteiger partial charge in [-0.2, -0.15) is 0 Å². The molecule has 0 unspecified atom stereocenters. The summed E-state index contributed by atoms with van der Waals surface area (Å²) in [5.74, 6) is 0.626. The summed E-state index contributed by atoms with van der Waals surface area (Å²) in [6, 6.07) is 15.8. The number of nitrogens with zero attached hydrogens (tertiary/aromatic N) is 1. The minimum absolute atomic E-state index is 0.0103. The quantitative estimate of drug-likeness (QED) is 0.767. The number of benzene rings is 2. The summed E-state index contributed by atoms with van der Waals surface area (Å²) in [7, 11) is 1.59. The molecule has 0 aliphatic carbocycles. The molecule has 104 valence electrons. The molecule has 0 radical (unpaired) electrons. The second kappa shape index (κ2) is 6.24. The van der Waals surface area contributed by atoms with E-state index in [0.717, 1.165) is 17.9 Å². The van der Waals surface area contributed by atoms with Crippen LogP contribution < -0.4 is 9.64 Å². The molecular formula is C17H19NO2. The van der Waals surface area contributed by atoms with Gasteiger partial charge in [-0.25, -0.2) is 0 Å². The van der Waals surface area contributed by atoms with E-state index in [0.29, 0.717) is 11.3 Å². The van der Waals surface area contributed by atoms with Crippen molar-refractivity contribution in [1.82, 2.24) is 0 Å². The molecule has 0 heterocycles. The van der Waals surface area contributed by atoms with Crippen molar-refractivity contribution >= 4 is 17.2 Å². The molecule has 0 atom stereocenters. The van der Waals surface area contributed by atoms with Crippen molar-refractivity contribution in [2.75, 3.05) is 18.6 Å². The second-order valence-electron chi connectivity index (χ2n) is 4.52. The third-order valence-corrected chi connectivity index (χ3v) is 3.26. The van der Waals surface area contributed by atoms with Crippen molar-refractivity contribution in [1.29, 1.82) is 0 Å². The van der Waals surface area contributed by atoms with Crippen LogP contribution in [-0.2, 0) is 0 Å². The zero-order chi connectivity index (χ0) is 14.5. The maximum atomic E-state index is 11.6. The van der Waals surface area contributed by atoms with Gasteiger partial charge in [0, 0.05) is 24.0 Å². The smallest absolute Gasteiger partial charge is 0.163 e. The van der Waals surface area contributed by atoms with Crippen LogP contribution in [0.3, 0.4) is 0 Å². The summed E-state index contributed by atoms with van der Waals surface area (Å²) < 4.78 is 5.33. The lowest BCUT2D eigenvalue weighted by Crippen LogP contribution is -2.16. The van der Waals surface area contributed by atoms with Crippen LogP contribution in [0.25, 0.3) is 0 Å². The standard InChI is InChI=1S/C17H19NO2/c1-4-18(14-8-6-5-7-9-14)15-10-11-16(13(2)19)17(12-15)20-3/h5-12H,4H2,1-3H3. The predicted octanol–water partition coefficient (Wildman–Crippen LogP) is 4.06. The Balaban J connectivity index is 2.43. The van der Waals surface area contributed by atoms with E-state index in [4.69, 9.17) is 4.74 Å². The van der Waals surface area contributed by atoms with Gasteiger partial charge in [0.1, 0.15) is 5.75 Å². The molecule has 0 bridgehead atoms. The second-order valence-corrected chi connectivity index (χ2v) is 4.52. The van der Waals surface area contributed by atoms with Gasteiger partial charge in [0.15, 0.2) is 5.78 Å². The van der Waals surface area contributed by atoms with E-state index >= 15 is 0 Å². The van der Waals surface area contributed by atoms with Crippen LogP contribution in [0, 0.1) is 0 Å². The minimum Gasteiger partial charge on any atom is -0.496 e. The number of anilines is 2. The highest BCUT2D eigenvalue weighted by atomic mass is 16.5. The third-order valence-electron chi connectivity index (χ3n) is 3.26. The van der Waals surface area contributed by atoms with Crippen LogP contribution in [0.4, 0.5) is 11.4 Å². The normalized spacial score (nSPS) is 10.2. The van der Waals surface area contributed by atoms with E-state index in [9.17, 15) is 4.79 Å². The first kappa shape index (κ1) is 14.1. The minimum atomic E-state index is 0.0103. The van der Waals surface area contributed by atoms with E-state index in [1.807, 2.05) is 36.4 Å². The maximum absolute atomic E-state index is 11.6. The first-order chi connectivity index (χ1) is 9.67. The van der Waals surface area contributed by atoms with Crippen molar-refractivity contribution in [3.63, 3.8) is 0 Å². The summed E-state index contributed by atoms with van der Waals surface area (Å²) >= 11 is 0. The number of hydrogen-bond acceptors (Lipinski definition) is 3. The Hall–Kier alpha value is -2.29. The number of methoxy groups -OCH3 is 1. The van der Waals surface area contributed by atoms with Gasteiger partial charge < -0.3 is 9.64 Å². The SMILES string of the molecule is CCN(c1ccccc1)c1ccc(C(C)=O)c(OC)c1. The average Bonchev–Trinajstić information content (AvgIpc) is 2.48. The average molecular weight is 269 g/mol. The van der Waals surface area contributed by atoms with Gasteiger partial charge in [-0.3, -0.25) is 4.79 Å². The zero-order valence-corrected chi connectivity index (χ0v) is 12.1. The van der Waals surface area contributed by atoms with Crippen molar-refractivity contribution in [3.05, 3.63) is 54.1 Å². The number of hydrogen-bond donors (Lipinski definition) is 0. The van der Waals surface area contributed by atoms with E-state index < -0.39 is 0 Å². The molecule has 2 aromatic carbocycles.